The van der Waals surface area contributed by atoms with Crippen molar-refractivity contribution in [3.63, 3.8) is 0 Å². The molecule has 1 heterocycles. The lowest BCUT2D eigenvalue weighted by Gasteiger charge is -2.19. The first-order chi connectivity index (χ1) is 12.9. The first kappa shape index (κ1) is 20.6. The Morgan fingerprint density at radius 3 is 2.48 bits per heavy atom. The number of nitrogens with zero attached hydrogens (tertiary/aromatic N) is 1. The van der Waals surface area contributed by atoms with Gasteiger partial charge in [-0.05, 0) is 38.5 Å². The van der Waals surface area contributed by atoms with Crippen LogP contribution in [-0.2, 0) is 22.5 Å². The molecule has 0 aliphatic rings. The molecule has 0 saturated heterocycles. The number of nitrogens with one attached hydrogen (secondary N) is 2. The molecule has 0 radical (unpaired) electrons. The van der Waals surface area contributed by atoms with Gasteiger partial charge < -0.3 is 19.8 Å². The quantitative estimate of drug-likeness (QED) is 0.423. The highest BCUT2D eigenvalue weighted by atomic mass is 16.6. The van der Waals surface area contributed by atoms with E-state index in [1.165, 1.54) is 0 Å². The van der Waals surface area contributed by atoms with Gasteiger partial charge in [-0.2, -0.15) is 0 Å². The zero-order chi connectivity index (χ0) is 19.5. The van der Waals surface area contributed by atoms with Crippen LogP contribution in [0.15, 0.2) is 58.1 Å². The average Bonchev–Trinajstić information content (AvgIpc) is 3.12. The van der Waals surface area contributed by atoms with Gasteiger partial charge >= 0.3 is 5.97 Å². The first-order valence-corrected chi connectivity index (χ1v) is 9.23. The molecule has 27 heavy (non-hydrogen) atoms. The lowest BCUT2D eigenvalue weighted by molar-refractivity contribution is -0.154. The van der Waals surface area contributed by atoms with E-state index in [0.29, 0.717) is 25.6 Å². The van der Waals surface area contributed by atoms with Crippen LogP contribution in [-0.4, -0.2) is 30.6 Å². The van der Waals surface area contributed by atoms with Gasteiger partial charge in [-0.1, -0.05) is 30.3 Å². The summed E-state index contributed by atoms with van der Waals surface area (Å²) in [5.41, 5.74) is 0.652. The van der Waals surface area contributed by atoms with E-state index >= 15 is 0 Å². The average molecular weight is 371 g/mol. The van der Waals surface area contributed by atoms with Crippen molar-refractivity contribution < 1.29 is 13.9 Å². The molecule has 0 saturated carbocycles. The monoisotopic (exact) mass is 371 g/mol. The summed E-state index contributed by atoms with van der Waals surface area (Å²) in [6.07, 6.45) is 2.70. The number of aliphatic imine (C=N–C) groups is 1. The van der Waals surface area contributed by atoms with Gasteiger partial charge in [-0.15, -0.1) is 0 Å². The number of ether oxygens (including phenoxy) is 1. The number of furan rings is 1. The van der Waals surface area contributed by atoms with Gasteiger partial charge in [0.25, 0.3) is 0 Å². The Labute approximate surface area is 161 Å². The number of benzene rings is 1. The second-order valence-corrected chi connectivity index (χ2v) is 7.17. The Kier molecular flexibility index (Phi) is 7.92. The minimum Gasteiger partial charge on any atom is -0.469 e. The first-order valence-electron chi connectivity index (χ1n) is 9.23. The lowest BCUT2D eigenvalue weighted by Crippen LogP contribution is -2.39. The highest BCUT2D eigenvalue weighted by Gasteiger charge is 2.15. The molecule has 1 aromatic carbocycles. The van der Waals surface area contributed by atoms with Crippen LogP contribution >= 0.6 is 0 Å². The number of carbonyl (C=O) groups excluding carboxylic acids is 1. The van der Waals surface area contributed by atoms with Crippen molar-refractivity contribution in [3.05, 3.63) is 60.1 Å². The van der Waals surface area contributed by atoms with Crippen LogP contribution in [0.1, 0.15) is 38.5 Å². The largest absolute Gasteiger partial charge is 0.469 e. The third kappa shape index (κ3) is 8.94. The predicted molar refractivity (Wildman–Crippen MR) is 106 cm³/mol. The second-order valence-electron chi connectivity index (χ2n) is 7.17. The van der Waals surface area contributed by atoms with Crippen LogP contribution in [0.25, 0.3) is 0 Å². The third-order valence-electron chi connectivity index (χ3n) is 3.55. The molecule has 146 valence electrons. The summed E-state index contributed by atoms with van der Waals surface area (Å²) in [4.78, 5) is 16.5. The van der Waals surface area contributed by atoms with Crippen molar-refractivity contribution >= 4 is 11.9 Å². The van der Waals surface area contributed by atoms with Crippen LogP contribution in [0.5, 0.6) is 0 Å². The van der Waals surface area contributed by atoms with E-state index in [4.69, 9.17) is 9.15 Å². The predicted octanol–water partition coefficient (Wildman–Crippen LogP) is 3.29. The van der Waals surface area contributed by atoms with Gasteiger partial charge in [0.15, 0.2) is 5.96 Å². The van der Waals surface area contributed by atoms with Gasteiger partial charge in [-0.3, -0.25) is 4.79 Å². The summed E-state index contributed by atoms with van der Waals surface area (Å²) in [7, 11) is 0. The van der Waals surface area contributed by atoms with E-state index in [2.05, 4.69) is 15.6 Å². The molecule has 2 N–H and O–H groups in total. The topological polar surface area (TPSA) is 75.9 Å². The fourth-order valence-electron chi connectivity index (χ4n) is 2.36. The summed E-state index contributed by atoms with van der Waals surface area (Å²) in [5, 5.41) is 6.47. The van der Waals surface area contributed by atoms with Crippen molar-refractivity contribution in [2.75, 3.05) is 13.1 Å². The Bertz CT molecular complexity index is 704. The van der Waals surface area contributed by atoms with Crippen molar-refractivity contribution in [2.24, 2.45) is 4.99 Å². The van der Waals surface area contributed by atoms with Crippen LogP contribution in [0, 0.1) is 0 Å². The van der Waals surface area contributed by atoms with Gasteiger partial charge in [0.1, 0.15) is 11.4 Å². The highest BCUT2D eigenvalue weighted by molar-refractivity contribution is 5.80. The summed E-state index contributed by atoms with van der Waals surface area (Å²) < 4.78 is 10.7. The molecule has 0 bridgehead atoms. The van der Waals surface area contributed by atoms with Crippen LogP contribution in [0.3, 0.4) is 0 Å². The van der Waals surface area contributed by atoms with E-state index in [1.54, 1.807) is 6.26 Å². The zero-order valence-corrected chi connectivity index (χ0v) is 16.3. The number of hydrogen-bond acceptors (Lipinski definition) is 4. The van der Waals surface area contributed by atoms with Gasteiger partial charge in [0, 0.05) is 19.5 Å². The van der Waals surface area contributed by atoms with E-state index in [0.717, 1.165) is 17.7 Å². The van der Waals surface area contributed by atoms with Gasteiger partial charge in [0.05, 0.1) is 19.2 Å². The van der Waals surface area contributed by atoms with Crippen molar-refractivity contribution in [1.29, 1.82) is 0 Å². The zero-order valence-electron chi connectivity index (χ0n) is 16.3. The maximum absolute atomic E-state index is 11.9. The van der Waals surface area contributed by atoms with Crippen LogP contribution in [0.4, 0.5) is 0 Å². The third-order valence-corrected chi connectivity index (χ3v) is 3.55. The molecule has 0 atom stereocenters. The lowest BCUT2D eigenvalue weighted by atomic mass is 10.2. The molecule has 0 aliphatic heterocycles. The number of esters is 1. The highest BCUT2D eigenvalue weighted by Crippen LogP contribution is 2.07. The molecular weight excluding hydrogens is 342 g/mol. The number of carbonyl (C=O) groups is 1. The molecule has 0 unspecified atom stereocenters. The Balaban J connectivity index is 1.85. The molecule has 2 aromatic rings. The van der Waals surface area contributed by atoms with Crippen LogP contribution in [0.2, 0.25) is 0 Å². The molecule has 6 nitrogen and oxygen atoms in total. The normalized spacial score (nSPS) is 11.9. The summed E-state index contributed by atoms with van der Waals surface area (Å²) in [5.74, 6) is 1.35. The molecule has 0 aliphatic carbocycles. The fourth-order valence-corrected chi connectivity index (χ4v) is 2.36. The second kappa shape index (κ2) is 10.4. The SMILES string of the molecule is CC(C)(C)OC(=O)CCNC(=NCc1ccccc1)NCCc1ccco1. The number of guanidine groups is 1. The fraction of sp³-hybridized carbons (Fsp3) is 0.429. The minimum atomic E-state index is -0.470. The molecule has 2 rings (SSSR count). The van der Waals surface area contributed by atoms with E-state index < -0.39 is 5.60 Å². The van der Waals surface area contributed by atoms with Crippen molar-refractivity contribution in [2.45, 2.75) is 45.8 Å². The molecule has 0 amide bonds. The van der Waals surface area contributed by atoms with Crippen molar-refractivity contribution in [1.82, 2.24) is 10.6 Å². The standard InChI is InChI=1S/C21H29N3O3/c1-21(2,3)27-19(25)12-14-23-20(22-13-11-18-10-7-15-26-18)24-16-17-8-5-4-6-9-17/h4-10,15H,11-14,16H2,1-3H3,(H2,22,23,24). The Morgan fingerprint density at radius 2 is 1.81 bits per heavy atom. The van der Waals surface area contributed by atoms with E-state index in [1.807, 2.05) is 63.2 Å². The van der Waals surface area contributed by atoms with E-state index in [-0.39, 0.29) is 12.4 Å². The Morgan fingerprint density at radius 1 is 1.07 bits per heavy atom. The molecule has 6 heteroatoms. The Hall–Kier alpha value is -2.76. The molecule has 0 spiro atoms. The smallest absolute Gasteiger partial charge is 0.308 e. The molecule has 1 aromatic heterocycles. The summed E-state index contributed by atoms with van der Waals surface area (Å²) >= 11 is 0. The molecule has 0 fully saturated rings. The molecular formula is C21H29N3O3. The van der Waals surface area contributed by atoms with Gasteiger partial charge in [-0.25, -0.2) is 4.99 Å². The maximum atomic E-state index is 11.9. The summed E-state index contributed by atoms with van der Waals surface area (Å²) in [6, 6.07) is 13.8. The number of hydrogen-bond donors (Lipinski definition) is 2. The minimum absolute atomic E-state index is 0.229. The maximum Gasteiger partial charge on any atom is 0.308 e. The number of rotatable bonds is 8. The van der Waals surface area contributed by atoms with Crippen molar-refractivity contribution in [3.8, 4) is 0 Å². The van der Waals surface area contributed by atoms with Crippen LogP contribution < -0.4 is 10.6 Å². The van der Waals surface area contributed by atoms with Gasteiger partial charge in [0.2, 0.25) is 0 Å². The van der Waals surface area contributed by atoms with E-state index in [9.17, 15) is 4.79 Å². The summed E-state index contributed by atoms with van der Waals surface area (Å²) in [6.45, 7) is 7.28.